The number of anilines is 1. The number of hydrogen-bond donors (Lipinski definition) is 1. The van der Waals surface area contributed by atoms with Crippen LogP contribution in [0.4, 0.5) is 11.4 Å². The lowest BCUT2D eigenvalue weighted by molar-refractivity contribution is -0.385. The van der Waals surface area contributed by atoms with Crippen molar-refractivity contribution in [2.24, 2.45) is 0 Å². The van der Waals surface area contributed by atoms with Crippen molar-refractivity contribution < 1.29 is 4.92 Å². The molecular weight excluding hydrogens is 272 g/mol. The van der Waals surface area contributed by atoms with E-state index in [2.05, 4.69) is 25.2 Å². The van der Waals surface area contributed by atoms with Gasteiger partial charge in [-0.1, -0.05) is 0 Å². The molecule has 0 spiro atoms. The van der Waals surface area contributed by atoms with Gasteiger partial charge in [-0.05, 0) is 51.0 Å². The van der Waals surface area contributed by atoms with Crippen LogP contribution in [0.25, 0.3) is 0 Å². The molecule has 0 saturated heterocycles. The van der Waals surface area contributed by atoms with E-state index in [1.54, 1.807) is 24.3 Å². The number of nitrogens with one attached hydrogen (secondary N) is 1. The van der Waals surface area contributed by atoms with Gasteiger partial charge in [0.25, 0.3) is 5.69 Å². The highest BCUT2D eigenvalue weighted by Gasteiger charge is 2.13. The highest BCUT2D eigenvalue weighted by atomic mass is 32.1. The van der Waals surface area contributed by atoms with E-state index in [9.17, 15) is 10.1 Å². The van der Waals surface area contributed by atoms with Gasteiger partial charge in [0.15, 0.2) is 0 Å². The van der Waals surface area contributed by atoms with Crippen LogP contribution in [0.3, 0.4) is 0 Å². The number of thiophene rings is 1. The standard InChI is InChI=1S/C15H18N2O2S/c1-9-6-15(17(18)19)10(2)5-14(9)16-8-13-7-11(3)20-12(13)4/h5-7,16H,8H2,1-4H3. The van der Waals surface area contributed by atoms with Crippen LogP contribution in [0.15, 0.2) is 18.2 Å². The molecule has 0 atom stereocenters. The molecule has 0 amide bonds. The van der Waals surface area contributed by atoms with E-state index in [0.29, 0.717) is 5.56 Å². The Balaban J connectivity index is 2.20. The zero-order valence-corrected chi connectivity index (χ0v) is 12.9. The van der Waals surface area contributed by atoms with Crippen molar-refractivity contribution in [1.29, 1.82) is 0 Å². The maximum Gasteiger partial charge on any atom is 0.272 e. The first kappa shape index (κ1) is 14.5. The van der Waals surface area contributed by atoms with Gasteiger partial charge in [0, 0.05) is 33.6 Å². The molecule has 2 aromatic rings. The smallest absolute Gasteiger partial charge is 0.272 e. The van der Waals surface area contributed by atoms with Crippen LogP contribution in [0.5, 0.6) is 0 Å². The lowest BCUT2D eigenvalue weighted by Crippen LogP contribution is -2.03. The molecule has 0 unspecified atom stereocenters. The summed E-state index contributed by atoms with van der Waals surface area (Å²) in [6, 6.07) is 5.66. The first-order valence-corrected chi connectivity index (χ1v) is 7.25. The number of hydrogen-bond acceptors (Lipinski definition) is 4. The van der Waals surface area contributed by atoms with Gasteiger partial charge >= 0.3 is 0 Å². The van der Waals surface area contributed by atoms with E-state index in [0.717, 1.165) is 17.8 Å². The average Bonchev–Trinajstić information content (AvgIpc) is 2.68. The molecule has 5 heteroatoms. The topological polar surface area (TPSA) is 55.2 Å². The molecule has 1 N–H and O–H groups in total. The number of nitro benzene ring substituents is 1. The molecule has 0 aliphatic rings. The van der Waals surface area contributed by atoms with Crippen LogP contribution in [0.2, 0.25) is 0 Å². The molecule has 1 aromatic heterocycles. The normalized spacial score (nSPS) is 10.6. The fourth-order valence-corrected chi connectivity index (χ4v) is 3.18. The summed E-state index contributed by atoms with van der Waals surface area (Å²) in [5.74, 6) is 0. The van der Waals surface area contributed by atoms with E-state index in [1.165, 1.54) is 15.3 Å². The first-order valence-electron chi connectivity index (χ1n) is 6.44. The van der Waals surface area contributed by atoms with Crippen molar-refractivity contribution in [3.8, 4) is 0 Å². The maximum atomic E-state index is 10.9. The van der Waals surface area contributed by atoms with Crippen LogP contribution in [-0.2, 0) is 6.54 Å². The quantitative estimate of drug-likeness (QED) is 0.666. The highest BCUT2D eigenvalue weighted by Crippen LogP contribution is 2.27. The number of aryl methyl sites for hydroxylation is 4. The maximum absolute atomic E-state index is 10.9. The molecule has 4 nitrogen and oxygen atoms in total. The molecule has 0 aliphatic heterocycles. The molecule has 2 rings (SSSR count). The Kier molecular flexibility index (Phi) is 4.09. The second kappa shape index (κ2) is 5.63. The molecule has 0 fully saturated rings. The van der Waals surface area contributed by atoms with Crippen LogP contribution in [-0.4, -0.2) is 4.92 Å². The molecule has 20 heavy (non-hydrogen) atoms. The molecule has 1 aromatic carbocycles. The van der Waals surface area contributed by atoms with Gasteiger partial charge in [-0.3, -0.25) is 10.1 Å². The summed E-state index contributed by atoms with van der Waals surface area (Å²) in [6.45, 7) is 8.61. The fourth-order valence-electron chi connectivity index (χ4n) is 2.24. The van der Waals surface area contributed by atoms with Gasteiger partial charge in [-0.15, -0.1) is 11.3 Å². The van der Waals surface area contributed by atoms with Gasteiger partial charge < -0.3 is 5.32 Å². The summed E-state index contributed by atoms with van der Waals surface area (Å²) in [7, 11) is 0. The minimum absolute atomic E-state index is 0.176. The predicted octanol–water partition coefficient (Wildman–Crippen LogP) is 4.50. The lowest BCUT2D eigenvalue weighted by atomic mass is 10.1. The van der Waals surface area contributed by atoms with Crippen molar-refractivity contribution in [1.82, 2.24) is 0 Å². The molecule has 106 valence electrons. The number of nitro groups is 1. The van der Waals surface area contributed by atoms with Gasteiger partial charge in [0.2, 0.25) is 0 Å². The summed E-state index contributed by atoms with van der Waals surface area (Å²) < 4.78 is 0. The fraction of sp³-hybridized carbons (Fsp3) is 0.333. The molecule has 0 radical (unpaired) electrons. The minimum Gasteiger partial charge on any atom is -0.381 e. The van der Waals surface area contributed by atoms with E-state index in [-0.39, 0.29) is 10.6 Å². The molecule has 0 saturated carbocycles. The van der Waals surface area contributed by atoms with Crippen molar-refractivity contribution in [2.75, 3.05) is 5.32 Å². The van der Waals surface area contributed by atoms with Crippen LogP contribution in [0.1, 0.15) is 26.4 Å². The summed E-state index contributed by atoms with van der Waals surface area (Å²) in [6.07, 6.45) is 0. The summed E-state index contributed by atoms with van der Waals surface area (Å²) >= 11 is 1.79. The first-order chi connectivity index (χ1) is 9.38. The summed E-state index contributed by atoms with van der Waals surface area (Å²) in [4.78, 5) is 13.2. The van der Waals surface area contributed by atoms with Crippen LogP contribution < -0.4 is 5.32 Å². The molecule has 0 aliphatic carbocycles. The van der Waals surface area contributed by atoms with Crippen molar-refractivity contribution in [3.05, 3.63) is 54.8 Å². The third-order valence-corrected chi connectivity index (χ3v) is 4.36. The van der Waals surface area contributed by atoms with Gasteiger partial charge in [-0.25, -0.2) is 0 Å². The zero-order chi connectivity index (χ0) is 14.9. The Morgan fingerprint density at radius 2 is 1.85 bits per heavy atom. The third kappa shape index (κ3) is 2.99. The molecule has 0 bridgehead atoms. The van der Waals surface area contributed by atoms with Crippen LogP contribution >= 0.6 is 11.3 Å². The van der Waals surface area contributed by atoms with E-state index >= 15 is 0 Å². The Bertz CT molecular complexity index is 662. The Morgan fingerprint density at radius 1 is 1.15 bits per heavy atom. The monoisotopic (exact) mass is 290 g/mol. The van der Waals surface area contributed by atoms with Gasteiger partial charge in [0.1, 0.15) is 0 Å². The number of rotatable bonds is 4. The van der Waals surface area contributed by atoms with E-state index < -0.39 is 0 Å². The average molecular weight is 290 g/mol. The predicted molar refractivity (Wildman–Crippen MR) is 83.7 cm³/mol. The third-order valence-electron chi connectivity index (χ3n) is 3.35. The lowest BCUT2D eigenvalue weighted by Gasteiger charge is -2.11. The van der Waals surface area contributed by atoms with Gasteiger partial charge in [-0.2, -0.15) is 0 Å². The highest BCUT2D eigenvalue weighted by molar-refractivity contribution is 7.12. The Labute approximate surface area is 122 Å². The molecular formula is C15H18N2O2S. The Hall–Kier alpha value is -1.88. The largest absolute Gasteiger partial charge is 0.381 e. The van der Waals surface area contributed by atoms with E-state index in [4.69, 9.17) is 0 Å². The van der Waals surface area contributed by atoms with Crippen molar-refractivity contribution in [3.63, 3.8) is 0 Å². The van der Waals surface area contributed by atoms with Crippen molar-refractivity contribution in [2.45, 2.75) is 34.2 Å². The SMILES string of the molecule is Cc1cc(CNc2cc(C)c([N+](=O)[O-])cc2C)c(C)s1. The summed E-state index contributed by atoms with van der Waals surface area (Å²) in [5.41, 5.74) is 3.99. The minimum atomic E-state index is -0.335. The zero-order valence-electron chi connectivity index (χ0n) is 12.1. The van der Waals surface area contributed by atoms with Crippen molar-refractivity contribution >= 4 is 22.7 Å². The van der Waals surface area contributed by atoms with Gasteiger partial charge in [0.05, 0.1) is 4.92 Å². The Morgan fingerprint density at radius 3 is 2.40 bits per heavy atom. The summed E-state index contributed by atoms with van der Waals surface area (Å²) in [5, 5.41) is 14.3. The van der Waals surface area contributed by atoms with E-state index in [1.807, 2.05) is 13.0 Å². The second-order valence-corrected chi connectivity index (χ2v) is 6.46. The molecule has 1 heterocycles. The van der Waals surface area contributed by atoms with Crippen LogP contribution in [0, 0.1) is 37.8 Å². The number of nitrogens with zero attached hydrogens (tertiary/aromatic N) is 1. The second-order valence-electron chi connectivity index (χ2n) is 5.00. The number of benzene rings is 1.